The maximum absolute atomic E-state index is 4.21. The van der Waals surface area contributed by atoms with Gasteiger partial charge in [-0.3, -0.25) is 10.1 Å². The van der Waals surface area contributed by atoms with Gasteiger partial charge in [0.25, 0.3) is 0 Å². The van der Waals surface area contributed by atoms with Crippen LogP contribution >= 0.6 is 0 Å². The monoisotopic (exact) mass is 188 g/mol. The summed E-state index contributed by atoms with van der Waals surface area (Å²) in [4.78, 5) is 4.21. The second kappa shape index (κ2) is 4.53. The van der Waals surface area contributed by atoms with Crippen LogP contribution in [0.2, 0.25) is 0 Å². The highest BCUT2D eigenvalue weighted by atomic mass is 15.1. The smallest absolute Gasteiger partial charge is 0.0541 e. The number of pyridine rings is 1. The van der Waals surface area contributed by atoms with Gasteiger partial charge in [0.2, 0.25) is 0 Å². The first-order valence-electron chi connectivity index (χ1n) is 4.53. The molecule has 0 amide bonds. The fraction of sp³-hybridized carbons (Fsp3) is 0.200. The number of rotatable bonds is 4. The van der Waals surface area contributed by atoms with E-state index in [9.17, 15) is 0 Å². The summed E-state index contributed by atoms with van der Waals surface area (Å²) >= 11 is 0. The molecule has 0 atom stereocenters. The Balaban J connectivity index is 1.79. The minimum atomic E-state index is 0.784. The van der Waals surface area contributed by atoms with Crippen LogP contribution in [-0.2, 0) is 13.1 Å². The van der Waals surface area contributed by atoms with Gasteiger partial charge in [0.05, 0.1) is 11.9 Å². The van der Waals surface area contributed by atoms with E-state index >= 15 is 0 Å². The fourth-order valence-corrected chi connectivity index (χ4v) is 1.21. The molecule has 0 saturated heterocycles. The molecule has 0 aliphatic heterocycles. The SMILES string of the molecule is c1ccc(CNCc2cn[nH]c2)nc1. The Labute approximate surface area is 82.4 Å². The summed E-state index contributed by atoms with van der Waals surface area (Å²) in [5.74, 6) is 0. The Morgan fingerprint density at radius 3 is 3.00 bits per heavy atom. The van der Waals surface area contributed by atoms with Crippen LogP contribution in [0.4, 0.5) is 0 Å². The van der Waals surface area contributed by atoms with Crippen LogP contribution in [0, 0.1) is 0 Å². The molecule has 2 aromatic heterocycles. The minimum Gasteiger partial charge on any atom is -0.307 e. The molecule has 2 rings (SSSR count). The zero-order valence-corrected chi connectivity index (χ0v) is 7.77. The summed E-state index contributed by atoms with van der Waals surface area (Å²) in [5.41, 5.74) is 2.21. The molecule has 0 aliphatic carbocycles. The lowest BCUT2D eigenvalue weighted by Crippen LogP contribution is -2.12. The van der Waals surface area contributed by atoms with Crippen molar-refractivity contribution < 1.29 is 0 Å². The molecule has 2 heterocycles. The quantitative estimate of drug-likeness (QED) is 0.755. The molecule has 2 N–H and O–H groups in total. The number of hydrogen-bond acceptors (Lipinski definition) is 3. The molecular weight excluding hydrogens is 176 g/mol. The van der Waals surface area contributed by atoms with Crippen molar-refractivity contribution in [2.24, 2.45) is 0 Å². The highest BCUT2D eigenvalue weighted by Crippen LogP contribution is 1.95. The third-order valence-corrected chi connectivity index (χ3v) is 1.92. The zero-order chi connectivity index (χ0) is 9.64. The van der Waals surface area contributed by atoms with E-state index in [-0.39, 0.29) is 0 Å². The molecule has 4 heteroatoms. The number of nitrogens with zero attached hydrogens (tertiary/aromatic N) is 2. The molecule has 0 aliphatic rings. The molecule has 0 unspecified atom stereocenters. The Kier molecular flexibility index (Phi) is 2.88. The van der Waals surface area contributed by atoms with Gasteiger partial charge in [-0.15, -0.1) is 0 Å². The van der Waals surface area contributed by atoms with E-state index in [4.69, 9.17) is 0 Å². The molecule has 72 valence electrons. The van der Waals surface area contributed by atoms with Crippen molar-refractivity contribution in [1.82, 2.24) is 20.5 Å². The summed E-state index contributed by atoms with van der Waals surface area (Å²) in [7, 11) is 0. The van der Waals surface area contributed by atoms with Crippen LogP contribution in [0.1, 0.15) is 11.3 Å². The predicted octanol–water partition coefficient (Wildman–Crippen LogP) is 1.09. The second-order valence-corrected chi connectivity index (χ2v) is 3.03. The van der Waals surface area contributed by atoms with Crippen LogP contribution in [0.25, 0.3) is 0 Å². The van der Waals surface area contributed by atoms with Gasteiger partial charge < -0.3 is 5.32 Å². The van der Waals surface area contributed by atoms with E-state index in [1.54, 1.807) is 6.20 Å². The first-order chi connectivity index (χ1) is 6.95. The van der Waals surface area contributed by atoms with Gasteiger partial charge in [0, 0.05) is 31.0 Å². The van der Waals surface area contributed by atoms with E-state index in [0.717, 1.165) is 24.3 Å². The molecule has 0 saturated carbocycles. The Morgan fingerprint density at radius 1 is 1.29 bits per heavy atom. The van der Waals surface area contributed by atoms with Gasteiger partial charge in [0.1, 0.15) is 0 Å². The standard InChI is InChI=1S/C10H12N4/c1-2-4-12-10(3-1)8-11-5-9-6-13-14-7-9/h1-4,6-7,11H,5,8H2,(H,13,14). The van der Waals surface area contributed by atoms with Gasteiger partial charge in [-0.1, -0.05) is 6.07 Å². The van der Waals surface area contributed by atoms with Gasteiger partial charge in [-0.25, -0.2) is 0 Å². The highest BCUT2D eigenvalue weighted by Gasteiger charge is 1.94. The molecule has 14 heavy (non-hydrogen) atoms. The van der Waals surface area contributed by atoms with Crippen molar-refractivity contribution >= 4 is 0 Å². The van der Waals surface area contributed by atoms with E-state index in [1.807, 2.05) is 30.6 Å². The Morgan fingerprint density at radius 2 is 2.29 bits per heavy atom. The zero-order valence-electron chi connectivity index (χ0n) is 7.77. The molecule has 0 spiro atoms. The predicted molar refractivity (Wildman–Crippen MR) is 53.4 cm³/mol. The number of aromatic nitrogens is 3. The molecule has 0 fully saturated rings. The molecule has 2 aromatic rings. The van der Waals surface area contributed by atoms with Crippen molar-refractivity contribution in [3.05, 3.63) is 48.0 Å². The largest absolute Gasteiger partial charge is 0.307 e. The summed E-state index contributed by atoms with van der Waals surface area (Å²) in [6.45, 7) is 1.60. The van der Waals surface area contributed by atoms with Crippen molar-refractivity contribution in [3.63, 3.8) is 0 Å². The van der Waals surface area contributed by atoms with Crippen molar-refractivity contribution in [2.75, 3.05) is 0 Å². The van der Waals surface area contributed by atoms with Crippen LogP contribution in [0.5, 0.6) is 0 Å². The van der Waals surface area contributed by atoms with E-state index in [1.165, 1.54) is 0 Å². The first-order valence-corrected chi connectivity index (χ1v) is 4.53. The van der Waals surface area contributed by atoms with Gasteiger partial charge in [0.15, 0.2) is 0 Å². The maximum atomic E-state index is 4.21. The summed E-state index contributed by atoms with van der Waals surface area (Å²) in [5, 5.41) is 9.92. The molecule has 0 aromatic carbocycles. The van der Waals surface area contributed by atoms with E-state index < -0.39 is 0 Å². The highest BCUT2D eigenvalue weighted by molar-refractivity contribution is 5.05. The van der Waals surface area contributed by atoms with Crippen molar-refractivity contribution in [2.45, 2.75) is 13.1 Å². The Hall–Kier alpha value is -1.68. The van der Waals surface area contributed by atoms with Crippen LogP contribution in [-0.4, -0.2) is 15.2 Å². The maximum Gasteiger partial charge on any atom is 0.0541 e. The normalized spacial score (nSPS) is 10.3. The number of H-pyrrole nitrogens is 1. The average molecular weight is 188 g/mol. The molecule has 0 radical (unpaired) electrons. The number of aromatic amines is 1. The third-order valence-electron chi connectivity index (χ3n) is 1.92. The van der Waals surface area contributed by atoms with Crippen molar-refractivity contribution in [1.29, 1.82) is 0 Å². The topological polar surface area (TPSA) is 53.6 Å². The lowest BCUT2D eigenvalue weighted by Gasteiger charge is -2.01. The average Bonchev–Trinajstić information content (AvgIpc) is 2.72. The van der Waals surface area contributed by atoms with Crippen LogP contribution in [0.3, 0.4) is 0 Å². The lowest BCUT2D eigenvalue weighted by atomic mass is 10.3. The first kappa shape index (κ1) is 8.90. The van der Waals surface area contributed by atoms with Crippen LogP contribution < -0.4 is 5.32 Å². The van der Waals surface area contributed by atoms with Gasteiger partial charge in [-0.05, 0) is 12.1 Å². The van der Waals surface area contributed by atoms with Crippen molar-refractivity contribution in [3.8, 4) is 0 Å². The third kappa shape index (κ3) is 2.40. The van der Waals surface area contributed by atoms with E-state index in [2.05, 4.69) is 20.5 Å². The lowest BCUT2D eigenvalue weighted by molar-refractivity contribution is 0.680. The molecule has 4 nitrogen and oxygen atoms in total. The summed E-state index contributed by atoms with van der Waals surface area (Å²) < 4.78 is 0. The summed E-state index contributed by atoms with van der Waals surface area (Å²) in [6, 6.07) is 5.91. The van der Waals surface area contributed by atoms with Gasteiger partial charge >= 0.3 is 0 Å². The molecule has 0 bridgehead atoms. The van der Waals surface area contributed by atoms with Crippen LogP contribution in [0.15, 0.2) is 36.8 Å². The number of hydrogen-bond donors (Lipinski definition) is 2. The fourth-order valence-electron chi connectivity index (χ4n) is 1.21. The van der Waals surface area contributed by atoms with Gasteiger partial charge in [-0.2, -0.15) is 5.10 Å². The minimum absolute atomic E-state index is 0.784. The molecular formula is C10H12N4. The summed E-state index contributed by atoms with van der Waals surface area (Å²) in [6.07, 6.45) is 5.49. The second-order valence-electron chi connectivity index (χ2n) is 3.03. The number of nitrogens with one attached hydrogen (secondary N) is 2. The van der Waals surface area contributed by atoms with E-state index in [0.29, 0.717) is 0 Å². The Bertz CT molecular complexity index is 355.